The zero-order valence-corrected chi connectivity index (χ0v) is 18.0. The summed E-state index contributed by atoms with van der Waals surface area (Å²) in [4.78, 5) is 18.0. The molecule has 2 fully saturated rings. The molecule has 2 aromatic rings. The first-order chi connectivity index (χ1) is 15.3. The van der Waals surface area contributed by atoms with Gasteiger partial charge in [0.05, 0.1) is 25.3 Å². The number of aromatic nitrogens is 1. The van der Waals surface area contributed by atoms with Gasteiger partial charge >= 0.3 is 0 Å². The number of halogens is 2. The van der Waals surface area contributed by atoms with Crippen LogP contribution < -0.4 is 19.7 Å². The van der Waals surface area contributed by atoms with Gasteiger partial charge in [-0.15, -0.1) is 0 Å². The average molecular weight is 443 g/mol. The third-order valence-corrected chi connectivity index (χ3v) is 5.71. The number of rotatable bonds is 9. The molecule has 1 aliphatic carbocycles. The Kier molecular flexibility index (Phi) is 6.30. The molecular formula is C24H27F2N3O3. The monoisotopic (exact) mass is 443 g/mol. The van der Waals surface area contributed by atoms with E-state index in [0.717, 1.165) is 30.1 Å². The molecule has 4 rings (SSSR count). The molecule has 1 saturated carbocycles. The minimum atomic E-state index is -2.57. The van der Waals surface area contributed by atoms with Crippen LogP contribution in [0.15, 0.2) is 49.2 Å². The largest absolute Gasteiger partial charge is 0.491 e. The summed E-state index contributed by atoms with van der Waals surface area (Å²) in [5, 5.41) is 2.76. The number of nitrogens with one attached hydrogen (secondary N) is 1. The molecule has 1 aromatic heterocycles. The van der Waals surface area contributed by atoms with Crippen molar-refractivity contribution in [3.05, 3.63) is 54.7 Å². The molecule has 2 heterocycles. The van der Waals surface area contributed by atoms with E-state index >= 15 is 0 Å². The van der Waals surface area contributed by atoms with Crippen LogP contribution in [0.1, 0.15) is 31.7 Å². The van der Waals surface area contributed by atoms with Crippen molar-refractivity contribution >= 4 is 17.4 Å². The Morgan fingerprint density at radius 2 is 1.97 bits per heavy atom. The molecule has 1 aliphatic heterocycles. The molecule has 2 atom stereocenters. The smallest absolute Gasteiger partial charge is 0.255 e. The highest BCUT2D eigenvalue weighted by molar-refractivity contribution is 5.85. The standard InChI is InChI=1S/C24H27F2N3O3/c1-3-23(30)28-16(2)17-4-6-19(7-5-17)32-21-10-11-29(14-21)22-9-8-20(13-27-22)31-15-18-12-24(18,25)26/h4-9,13,18,21H,2-3,10-12,14-15H2,1H3,(H,28,30)/t18-,21-/m1/s1. The fourth-order valence-corrected chi connectivity index (χ4v) is 3.58. The zero-order chi connectivity index (χ0) is 22.7. The maximum Gasteiger partial charge on any atom is 0.255 e. The van der Waals surface area contributed by atoms with E-state index in [2.05, 4.69) is 21.8 Å². The molecule has 32 heavy (non-hydrogen) atoms. The summed E-state index contributed by atoms with van der Waals surface area (Å²) < 4.78 is 37.4. The Balaban J connectivity index is 1.25. The number of hydrogen-bond acceptors (Lipinski definition) is 5. The molecule has 0 spiro atoms. The number of anilines is 1. The average Bonchev–Trinajstić information content (AvgIpc) is 3.16. The summed E-state index contributed by atoms with van der Waals surface area (Å²) >= 11 is 0. The predicted molar refractivity (Wildman–Crippen MR) is 118 cm³/mol. The molecule has 1 amide bonds. The highest BCUT2D eigenvalue weighted by Gasteiger charge is 2.57. The third kappa shape index (κ3) is 5.36. The van der Waals surface area contributed by atoms with Gasteiger partial charge in [-0.1, -0.05) is 13.5 Å². The Bertz CT molecular complexity index is 963. The van der Waals surface area contributed by atoms with E-state index in [1.165, 1.54) is 0 Å². The molecule has 0 radical (unpaired) electrons. The number of alkyl halides is 2. The fourth-order valence-electron chi connectivity index (χ4n) is 3.58. The Labute approximate surface area is 186 Å². The van der Waals surface area contributed by atoms with Crippen LogP contribution in [0, 0.1) is 5.92 Å². The first kappa shape index (κ1) is 22.0. The minimum Gasteiger partial charge on any atom is -0.491 e. The molecule has 1 N–H and O–H groups in total. The second-order valence-electron chi connectivity index (χ2n) is 8.20. The van der Waals surface area contributed by atoms with Crippen LogP contribution >= 0.6 is 0 Å². The lowest BCUT2D eigenvalue weighted by Gasteiger charge is -2.18. The molecule has 2 aliphatic rings. The van der Waals surface area contributed by atoms with Crippen LogP contribution in [0.4, 0.5) is 14.6 Å². The van der Waals surface area contributed by atoms with E-state index < -0.39 is 11.8 Å². The predicted octanol–water partition coefficient (Wildman–Crippen LogP) is 4.27. The number of nitrogens with zero attached hydrogens (tertiary/aromatic N) is 2. The summed E-state index contributed by atoms with van der Waals surface area (Å²) in [6.07, 6.45) is 2.77. The molecule has 170 valence electrons. The van der Waals surface area contributed by atoms with Crippen molar-refractivity contribution in [2.75, 3.05) is 24.6 Å². The Hall–Kier alpha value is -3.16. The van der Waals surface area contributed by atoms with Crippen molar-refractivity contribution in [1.82, 2.24) is 10.3 Å². The number of carbonyl (C=O) groups excluding carboxylic acids is 1. The van der Waals surface area contributed by atoms with Crippen LogP contribution in [0.2, 0.25) is 0 Å². The topological polar surface area (TPSA) is 63.7 Å². The first-order valence-corrected chi connectivity index (χ1v) is 10.8. The van der Waals surface area contributed by atoms with Crippen LogP contribution in [0.25, 0.3) is 5.70 Å². The van der Waals surface area contributed by atoms with Gasteiger partial charge in [-0.2, -0.15) is 0 Å². The number of pyridine rings is 1. The van der Waals surface area contributed by atoms with Crippen LogP contribution in [-0.4, -0.2) is 42.6 Å². The number of ether oxygens (including phenoxy) is 2. The Morgan fingerprint density at radius 3 is 2.59 bits per heavy atom. The number of amides is 1. The molecular weight excluding hydrogens is 416 g/mol. The molecule has 6 nitrogen and oxygen atoms in total. The fraction of sp³-hybridized carbons (Fsp3) is 0.417. The van der Waals surface area contributed by atoms with Crippen LogP contribution in [0.3, 0.4) is 0 Å². The summed E-state index contributed by atoms with van der Waals surface area (Å²) in [7, 11) is 0. The second kappa shape index (κ2) is 9.14. The van der Waals surface area contributed by atoms with E-state index in [4.69, 9.17) is 9.47 Å². The summed E-state index contributed by atoms with van der Waals surface area (Å²) in [6, 6.07) is 11.1. The Morgan fingerprint density at radius 1 is 1.25 bits per heavy atom. The van der Waals surface area contributed by atoms with Gasteiger partial charge in [0.25, 0.3) is 5.92 Å². The highest BCUT2D eigenvalue weighted by Crippen LogP contribution is 2.48. The number of carbonyl (C=O) groups is 1. The van der Waals surface area contributed by atoms with Crippen molar-refractivity contribution in [3.8, 4) is 11.5 Å². The van der Waals surface area contributed by atoms with Gasteiger partial charge < -0.3 is 19.7 Å². The van der Waals surface area contributed by atoms with Crippen molar-refractivity contribution in [1.29, 1.82) is 0 Å². The zero-order valence-electron chi connectivity index (χ0n) is 18.0. The summed E-state index contributed by atoms with van der Waals surface area (Å²) in [5.74, 6) is -1.26. The van der Waals surface area contributed by atoms with Gasteiger partial charge in [-0.25, -0.2) is 13.8 Å². The number of benzene rings is 1. The van der Waals surface area contributed by atoms with Gasteiger partial charge in [-0.05, 0) is 42.0 Å². The maximum absolute atomic E-state index is 12.9. The lowest BCUT2D eigenvalue weighted by atomic mass is 10.1. The van der Waals surface area contributed by atoms with Gasteiger partial charge in [0.1, 0.15) is 23.4 Å². The highest BCUT2D eigenvalue weighted by atomic mass is 19.3. The normalized spacial score (nSPS) is 21.2. The lowest BCUT2D eigenvalue weighted by molar-refractivity contribution is -0.119. The molecule has 1 aromatic carbocycles. The number of hydrogen-bond donors (Lipinski definition) is 1. The van der Waals surface area contributed by atoms with Crippen LogP contribution in [-0.2, 0) is 4.79 Å². The minimum absolute atomic E-state index is 0.0186. The molecule has 8 heteroatoms. The van der Waals surface area contributed by atoms with Gasteiger partial charge in [0, 0.05) is 31.5 Å². The van der Waals surface area contributed by atoms with Crippen molar-refractivity contribution in [3.63, 3.8) is 0 Å². The summed E-state index contributed by atoms with van der Waals surface area (Å²) in [5.41, 5.74) is 1.41. The first-order valence-electron chi connectivity index (χ1n) is 10.8. The van der Waals surface area contributed by atoms with Crippen molar-refractivity contribution in [2.45, 2.75) is 38.2 Å². The van der Waals surface area contributed by atoms with E-state index in [1.54, 1.807) is 19.2 Å². The quantitative estimate of drug-likeness (QED) is 0.627. The second-order valence-corrected chi connectivity index (χ2v) is 8.20. The van der Waals surface area contributed by atoms with Gasteiger partial charge in [-0.3, -0.25) is 4.79 Å². The van der Waals surface area contributed by atoms with Gasteiger partial charge in [0.15, 0.2) is 0 Å². The van der Waals surface area contributed by atoms with E-state index in [0.29, 0.717) is 24.4 Å². The third-order valence-electron chi connectivity index (χ3n) is 5.71. The lowest BCUT2D eigenvalue weighted by Crippen LogP contribution is -2.25. The van der Waals surface area contributed by atoms with Gasteiger partial charge in [0.2, 0.25) is 5.91 Å². The van der Waals surface area contributed by atoms with Crippen LogP contribution in [0.5, 0.6) is 11.5 Å². The molecule has 1 saturated heterocycles. The van der Waals surface area contributed by atoms with E-state index in [9.17, 15) is 13.6 Å². The molecule has 0 bridgehead atoms. The summed E-state index contributed by atoms with van der Waals surface area (Å²) in [6.45, 7) is 7.21. The maximum atomic E-state index is 12.9. The van der Waals surface area contributed by atoms with Crippen molar-refractivity contribution < 1.29 is 23.0 Å². The SMILES string of the molecule is C=C(NC(=O)CC)c1ccc(O[C@@H]2CCN(c3ccc(OC[C@H]4CC4(F)F)cn3)C2)cc1. The van der Waals surface area contributed by atoms with E-state index in [1.807, 2.05) is 30.3 Å². The van der Waals surface area contributed by atoms with E-state index in [-0.39, 0.29) is 25.0 Å². The molecule has 0 unspecified atom stereocenters. The van der Waals surface area contributed by atoms with Crippen molar-refractivity contribution in [2.24, 2.45) is 5.92 Å².